The van der Waals surface area contributed by atoms with E-state index in [1.165, 1.54) is 5.56 Å². The van der Waals surface area contributed by atoms with Crippen molar-refractivity contribution in [3.05, 3.63) is 89.4 Å². The minimum atomic E-state index is -3.13. The molecule has 7 heteroatoms. The van der Waals surface area contributed by atoms with Crippen molar-refractivity contribution in [3.8, 4) is 5.75 Å². The number of hydrogen-bond acceptors (Lipinski definition) is 5. The summed E-state index contributed by atoms with van der Waals surface area (Å²) < 4.78 is 35.4. The maximum Gasteiger partial charge on any atom is 0.254 e. The molecule has 0 saturated carbocycles. The van der Waals surface area contributed by atoms with Crippen LogP contribution in [0, 0.1) is 0 Å². The Kier molecular flexibility index (Phi) is 6.84. The van der Waals surface area contributed by atoms with Crippen LogP contribution in [-0.2, 0) is 28.4 Å². The number of carbonyl (C=O) groups is 1. The number of furan rings is 1. The predicted octanol–water partition coefficient (Wildman–Crippen LogP) is 4.99. The van der Waals surface area contributed by atoms with Crippen LogP contribution in [0.3, 0.4) is 0 Å². The van der Waals surface area contributed by atoms with E-state index in [0.29, 0.717) is 24.4 Å². The maximum atomic E-state index is 13.3. The van der Waals surface area contributed by atoms with Gasteiger partial charge in [0.25, 0.3) is 5.91 Å². The summed E-state index contributed by atoms with van der Waals surface area (Å²) >= 11 is 0. The van der Waals surface area contributed by atoms with E-state index in [0.717, 1.165) is 11.3 Å². The predicted molar refractivity (Wildman–Crippen MR) is 132 cm³/mol. The smallest absolute Gasteiger partial charge is 0.254 e. The van der Waals surface area contributed by atoms with Crippen LogP contribution in [0.5, 0.6) is 5.75 Å². The molecule has 1 unspecified atom stereocenters. The largest absolute Gasteiger partial charge is 0.489 e. The minimum absolute atomic E-state index is 0.0145. The third-order valence-corrected chi connectivity index (χ3v) is 7.89. The van der Waals surface area contributed by atoms with E-state index in [9.17, 15) is 13.2 Å². The highest BCUT2D eigenvalue weighted by molar-refractivity contribution is 7.91. The fourth-order valence-electron chi connectivity index (χ4n) is 4.09. The first kappa shape index (κ1) is 24.1. The third-order valence-electron chi connectivity index (χ3n) is 6.14. The van der Waals surface area contributed by atoms with Gasteiger partial charge in [-0.2, -0.15) is 0 Å². The monoisotopic (exact) mass is 481 g/mol. The number of amides is 1. The SMILES string of the molecule is CC(C)(C)c1ccc(OCc2ccc(C(=O)N(Cc3ccco3)C3CCS(=O)(=O)C3)cc2)cc1. The van der Waals surface area contributed by atoms with E-state index >= 15 is 0 Å². The Morgan fingerprint density at radius 1 is 1.06 bits per heavy atom. The van der Waals surface area contributed by atoms with Gasteiger partial charge < -0.3 is 14.1 Å². The number of nitrogens with zero attached hydrogens (tertiary/aromatic N) is 1. The van der Waals surface area contributed by atoms with E-state index in [1.54, 1.807) is 35.4 Å². The summed E-state index contributed by atoms with van der Waals surface area (Å²) in [6, 6.07) is 18.6. The van der Waals surface area contributed by atoms with Gasteiger partial charge >= 0.3 is 0 Å². The number of benzene rings is 2. The average Bonchev–Trinajstić information content (AvgIpc) is 3.44. The molecule has 1 aliphatic rings. The molecule has 0 N–H and O–H groups in total. The van der Waals surface area contributed by atoms with Crippen LogP contribution in [0.25, 0.3) is 0 Å². The molecule has 1 fully saturated rings. The summed E-state index contributed by atoms with van der Waals surface area (Å²) in [5.74, 6) is 1.30. The Morgan fingerprint density at radius 2 is 1.76 bits per heavy atom. The standard InChI is InChI=1S/C27H31NO5S/c1-27(2,3)22-10-12-24(13-11-22)33-18-20-6-8-21(9-7-20)26(29)28(17-25-5-4-15-32-25)23-14-16-34(30,31)19-23/h4-13,15,23H,14,16-19H2,1-3H3. The summed E-state index contributed by atoms with van der Waals surface area (Å²) in [6.45, 7) is 7.15. The Hall–Kier alpha value is -3.06. The van der Waals surface area contributed by atoms with Crippen LogP contribution in [-0.4, -0.2) is 36.8 Å². The van der Waals surface area contributed by atoms with Gasteiger partial charge in [0.1, 0.15) is 18.1 Å². The van der Waals surface area contributed by atoms with Crippen molar-refractivity contribution in [1.82, 2.24) is 4.90 Å². The Labute approximate surface area is 201 Å². The zero-order valence-corrected chi connectivity index (χ0v) is 20.7. The van der Waals surface area contributed by atoms with Crippen molar-refractivity contribution >= 4 is 15.7 Å². The van der Waals surface area contributed by atoms with Gasteiger partial charge in [-0.05, 0) is 59.4 Å². The number of hydrogen-bond donors (Lipinski definition) is 0. The third kappa shape index (κ3) is 5.89. The Balaban J connectivity index is 1.43. The average molecular weight is 482 g/mol. The molecule has 34 heavy (non-hydrogen) atoms. The summed E-state index contributed by atoms with van der Waals surface area (Å²) in [7, 11) is -3.13. The molecule has 2 heterocycles. The minimum Gasteiger partial charge on any atom is -0.489 e. The molecule has 4 rings (SSSR count). The molecule has 180 valence electrons. The maximum absolute atomic E-state index is 13.3. The van der Waals surface area contributed by atoms with Crippen LogP contribution in [0.2, 0.25) is 0 Å². The molecular weight excluding hydrogens is 450 g/mol. The van der Waals surface area contributed by atoms with Crippen molar-refractivity contribution in [2.75, 3.05) is 11.5 Å². The second-order valence-corrected chi connectivity index (χ2v) is 12.1. The van der Waals surface area contributed by atoms with Crippen molar-refractivity contribution in [3.63, 3.8) is 0 Å². The van der Waals surface area contributed by atoms with E-state index < -0.39 is 9.84 Å². The summed E-state index contributed by atoms with van der Waals surface area (Å²) in [6.07, 6.45) is 1.99. The van der Waals surface area contributed by atoms with Gasteiger partial charge in [0.2, 0.25) is 0 Å². The van der Waals surface area contributed by atoms with Crippen molar-refractivity contribution in [2.24, 2.45) is 0 Å². The first-order chi connectivity index (χ1) is 16.1. The number of ether oxygens (including phenoxy) is 1. The molecule has 0 radical (unpaired) electrons. The van der Waals surface area contributed by atoms with Crippen LogP contribution >= 0.6 is 0 Å². The Morgan fingerprint density at radius 3 is 2.32 bits per heavy atom. The molecule has 1 amide bonds. The normalized spacial score (nSPS) is 17.4. The zero-order chi connectivity index (χ0) is 24.3. The summed E-state index contributed by atoms with van der Waals surface area (Å²) in [5.41, 5.74) is 2.79. The molecule has 6 nitrogen and oxygen atoms in total. The quantitative estimate of drug-likeness (QED) is 0.475. The van der Waals surface area contributed by atoms with Gasteiger partial charge in [-0.25, -0.2) is 8.42 Å². The highest BCUT2D eigenvalue weighted by Gasteiger charge is 2.35. The zero-order valence-electron chi connectivity index (χ0n) is 19.9. The second kappa shape index (κ2) is 9.66. The molecule has 3 aromatic rings. The molecule has 0 aliphatic carbocycles. The number of rotatable bonds is 7. The van der Waals surface area contributed by atoms with Gasteiger partial charge in [0.05, 0.1) is 24.3 Å². The van der Waals surface area contributed by atoms with Crippen molar-refractivity contribution in [2.45, 2.75) is 51.8 Å². The van der Waals surface area contributed by atoms with Crippen LogP contribution < -0.4 is 4.74 Å². The van der Waals surface area contributed by atoms with Gasteiger partial charge in [-0.3, -0.25) is 4.79 Å². The van der Waals surface area contributed by atoms with Crippen LogP contribution in [0.4, 0.5) is 0 Å². The van der Waals surface area contributed by atoms with Crippen LogP contribution in [0.1, 0.15) is 54.4 Å². The molecule has 0 spiro atoms. The van der Waals surface area contributed by atoms with Crippen LogP contribution in [0.15, 0.2) is 71.3 Å². The first-order valence-electron chi connectivity index (χ1n) is 11.5. The lowest BCUT2D eigenvalue weighted by Crippen LogP contribution is -2.40. The lowest BCUT2D eigenvalue weighted by atomic mass is 9.87. The van der Waals surface area contributed by atoms with E-state index in [1.807, 2.05) is 24.3 Å². The topological polar surface area (TPSA) is 76.8 Å². The van der Waals surface area contributed by atoms with Gasteiger partial charge in [-0.1, -0.05) is 45.0 Å². The molecule has 1 saturated heterocycles. The number of sulfone groups is 1. The first-order valence-corrected chi connectivity index (χ1v) is 13.3. The highest BCUT2D eigenvalue weighted by atomic mass is 32.2. The molecule has 1 aliphatic heterocycles. The summed E-state index contributed by atoms with van der Waals surface area (Å²) in [4.78, 5) is 14.9. The molecule has 1 aromatic heterocycles. The lowest BCUT2D eigenvalue weighted by Gasteiger charge is -2.27. The second-order valence-electron chi connectivity index (χ2n) is 9.83. The fourth-order valence-corrected chi connectivity index (χ4v) is 5.82. The van der Waals surface area contributed by atoms with Gasteiger partial charge in [0.15, 0.2) is 9.84 Å². The molecular formula is C27H31NO5S. The van der Waals surface area contributed by atoms with Gasteiger partial charge in [0, 0.05) is 11.6 Å². The van der Waals surface area contributed by atoms with Gasteiger partial charge in [-0.15, -0.1) is 0 Å². The molecule has 1 atom stereocenters. The van der Waals surface area contributed by atoms with E-state index in [4.69, 9.17) is 9.15 Å². The highest BCUT2D eigenvalue weighted by Crippen LogP contribution is 2.25. The van der Waals surface area contributed by atoms with E-state index in [-0.39, 0.29) is 35.4 Å². The van der Waals surface area contributed by atoms with Crippen molar-refractivity contribution < 1.29 is 22.4 Å². The number of carbonyl (C=O) groups excluding carboxylic acids is 1. The van der Waals surface area contributed by atoms with E-state index in [2.05, 4.69) is 32.9 Å². The molecule has 0 bridgehead atoms. The fraction of sp³-hybridized carbons (Fsp3) is 0.370. The molecule has 2 aromatic carbocycles. The Bertz CT molecular complexity index is 1210. The lowest BCUT2D eigenvalue weighted by molar-refractivity contribution is 0.0666. The summed E-state index contributed by atoms with van der Waals surface area (Å²) in [5, 5.41) is 0. The van der Waals surface area contributed by atoms with Crippen molar-refractivity contribution in [1.29, 1.82) is 0 Å².